The van der Waals surface area contributed by atoms with Gasteiger partial charge in [-0.25, -0.2) is 0 Å². The Morgan fingerprint density at radius 1 is 1.73 bits per heavy atom. The fourth-order valence-electron chi connectivity index (χ4n) is 1.91. The van der Waals surface area contributed by atoms with Crippen molar-refractivity contribution in [2.24, 2.45) is 5.73 Å². The van der Waals surface area contributed by atoms with E-state index in [-0.39, 0.29) is 24.3 Å². The van der Waals surface area contributed by atoms with E-state index in [0.717, 1.165) is 19.6 Å². The van der Waals surface area contributed by atoms with E-state index in [1.807, 2.05) is 0 Å². The summed E-state index contributed by atoms with van der Waals surface area (Å²) in [6.45, 7) is 2.84. The molecule has 0 bridgehead atoms. The molecule has 86 valence electrons. The van der Waals surface area contributed by atoms with Gasteiger partial charge in [-0.3, -0.25) is 9.69 Å². The van der Waals surface area contributed by atoms with E-state index in [4.69, 9.17) is 10.5 Å². The fraction of sp³-hybridized carbons (Fsp3) is 0.889. The molecular weight excluding hydrogens is 198 g/mol. The number of methoxy groups -OCH3 is 1. The lowest BCUT2D eigenvalue weighted by Gasteiger charge is -2.32. The van der Waals surface area contributed by atoms with Crippen LogP contribution in [-0.2, 0) is 14.3 Å². The zero-order valence-corrected chi connectivity index (χ0v) is 8.81. The van der Waals surface area contributed by atoms with E-state index >= 15 is 0 Å². The third kappa shape index (κ3) is 2.66. The molecule has 15 heavy (non-hydrogen) atoms. The molecule has 2 rings (SSSR count). The normalized spacial score (nSPS) is 36.3. The summed E-state index contributed by atoms with van der Waals surface area (Å²) in [4.78, 5) is 13.2. The Kier molecular flexibility index (Phi) is 3.20. The van der Waals surface area contributed by atoms with Gasteiger partial charge in [-0.15, -0.1) is 0 Å². The van der Waals surface area contributed by atoms with Crippen molar-refractivity contribution in [1.82, 2.24) is 10.2 Å². The van der Waals surface area contributed by atoms with Crippen molar-refractivity contribution in [3.05, 3.63) is 0 Å². The SMILES string of the molecule is COC(=O)CN1CCNC(C2OC2N)C1. The van der Waals surface area contributed by atoms with Crippen molar-refractivity contribution < 1.29 is 14.3 Å². The van der Waals surface area contributed by atoms with Crippen LogP contribution in [0, 0.1) is 0 Å². The average molecular weight is 215 g/mol. The molecule has 2 aliphatic heterocycles. The maximum Gasteiger partial charge on any atom is 0.319 e. The maximum atomic E-state index is 11.1. The second-order valence-electron chi connectivity index (χ2n) is 3.94. The molecule has 0 aromatic carbocycles. The van der Waals surface area contributed by atoms with E-state index in [1.165, 1.54) is 7.11 Å². The van der Waals surface area contributed by atoms with E-state index in [0.29, 0.717) is 6.54 Å². The summed E-state index contributed by atoms with van der Waals surface area (Å²) >= 11 is 0. The van der Waals surface area contributed by atoms with Crippen LogP contribution in [0.4, 0.5) is 0 Å². The van der Waals surface area contributed by atoms with Crippen molar-refractivity contribution in [3.63, 3.8) is 0 Å². The second-order valence-corrected chi connectivity index (χ2v) is 3.94. The van der Waals surface area contributed by atoms with Gasteiger partial charge in [0, 0.05) is 19.6 Å². The number of hydrogen-bond acceptors (Lipinski definition) is 6. The van der Waals surface area contributed by atoms with Crippen LogP contribution in [-0.4, -0.2) is 62.5 Å². The predicted octanol–water partition coefficient (Wildman–Crippen LogP) is -1.88. The van der Waals surface area contributed by atoms with Gasteiger partial charge in [-0.1, -0.05) is 0 Å². The first kappa shape index (κ1) is 10.8. The lowest BCUT2D eigenvalue weighted by molar-refractivity contribution is -0.142. The van der Waals surface area contributed by atoms with Crippen molar-refractivity contribution in [2.45, 2.75) is 18.4 Å². The van der Waals surface area contributed by atoms with Crippen LogP contribution in [0.5, 0.6) is 0 Å². The van der Waals surface area contributed by atoms with E-state index in [1.54, 1.807) is 0 Å². The second kappa shape index (κ2) is 4.44. The van der Waals surface area contributed by atoms with Crippen LogP contribution in [0.15, 0.2) is 0 Å². The number of ether oxygens (including phenoxy) is 2. The largest absolute Gasteiger partial charge is 0.468 e. The van der Waals surface area contributed by atoms with Crippen LogP contribution >= 0.6 is 0 Å². The third-order valence-corrected chi connectivity index (χ3v) is 2.83. The Bertz CT molecular complexity index is 249. The number of nitrogens with zero attached hydrogens (tertiary/aromatic N) is 1. The Hall–Kier alpha value is -0.690. The van der Waals surface area contributed by atoms with Crippen LogP contribution in [0.25, 0.3) is 0 Å². The molecule has 2 aliphatic rings. The number of esters is 1. The monoisotopic (exact) mass is 215 g/mol. The fourth-order valence-corrected chi connectivity index (χ4v) is 1.91. The Labute approximate surface area is 88.7 Å². The molecule has 3 N–H and O–H groups in total. The number of carbonyl (C=O) groups excluding carboxylic acids is 1. The van der Waals surface area contributed by atoms with Crippen molar-refractivity contribution in [1.29, 1.82) is 0 Å². The van der Waals surface area contributed by atoms with E-state index in [9.17, 15) is 4.79 Å². The first-order valence-electron chi connectivity index (χ1n) is 5.14. The van der Waals surface area contributed by atoms with Gasteiger partial charge >= 0.3 is 5.97 Å². The molecule has 0 saturated carbocycles. The number of nitrogens with two attached hydrogens (primary N) is 1. The molecule has 2 saturated heterocycles. The molecule has 3 atom stereocenters. The average Bonchev–Trinajstić information content (AvgIpc) is 2.96. The first-order chi connectivity index (χ1) is 7.20. The minimum Gasteiger partial charge on any atom is -0.468 e. The zero-order valence-electron chi connectivity index (χ0n) is 8.81. The van der Waals surface area contributed by atoms with Crippen LogP contribution in [0.1, 0.15) is 0 Å². The summed E-state index contributed by atoms with van der Waals surface area (Å²) in [6.07, 6.45) is -0.0361. The van der Waals surface area contributed by atoms with Gasteiger partial charge in [0.2, 0.25) is 0 Å². The summed E-state index contributed by atoms with van der Waals surface area (Å²) in [5.41, 5.74) is 5.60. The van der Waals surface area contributed by atoms with Gasteiger partial charge in [0.05, 0.1) is 19.7 Å². The van der Waals surface area contributed by atoms with E-state index in [2.05, 4.69) is 15.0 Å². The highest BCUT2D eigenvalue weighted by atomic mass is 16.6. The minimum atomic E-state index is -0.198. The number of nitrogens with one attached hydrogen (secondary N) is 1. The molecule has 6 nitrogen and oxygen atoms in total. The summed E-state index contributed by atoms with van der Waals surface area (Å²) in [5, 5.41) is 3.33. The lowest BCUT2D eigenvalue weighted by atomic mass is 10.1. The highest BCUT2D eigenvalue weighted by Gasteiger charge is 2.43. The Morgan fingerprint density at radius 3 is 3.07 bits per heavy atom. The first-order valence-corrected chi connectivity index (χ1v) is 5.14. The number of piperazine rings is 1. The van der Waals surface area contributed by atoms with Crippen LogP contribution in [0.3, 0.4) is 0 Å². The van der Waals surface area contributed by atoms with Gasteiger partial charge in [0.15, 0.2) is 0 Å². The lowest BCUT2D eigenvalue weighted by Crippen LogP contribution is -2.54. The number of carbonyl (C=O) groups is 1. The molecule has 2 heterocycles. The summed E-state index contributed by atoms with van der Waals surface area (Å²) in [5.74, 6) is -0.198. The molecule has 0 aromatic rings. The number of epoxide rings is 1. The highest BCUT2D eigenvalue weighted by Crippen LogP contribution is 2.22. The molecular formula is C9H17N3O3. The summed E-state index contributed by atoms with van der Waals surface area (Å²) < 4.78 is 9.84. The topological polar surface area (TPSA) is 80.1 Å². The smallest absolute Gasteiger partial charge is 0.319 e. The maximum absolute atomic E-state index is 11.1. The van der Waals surface area contributed by atoms with Crippen molar-refractivity contribution in [2.75, 3.05) is 33.3 Å². The van der Waals surface area contributed by atoms with Gasteiger partial charge in [0.25, 0.3) is 0 Å². The van der Waals surface area contributed by atoms with Crippen molar-refractivity contribution >= 4 is 5.97 Å². The standard InChI is InChI=1S/C9H17N3O3/c1-14-7(13)5-12-3-2-11-6(4-12)8-9(10)15-8/h6,8-9,11H,2-5,10H2,1H3. The molecule has 3 unspecified atom stereocenters. The molecule has 6 heteroatoms. The van der Waals surface area contributed by atoms with Gasteiger partial charge < -0.3 is 20.5 Å². The van der Waals surface area contributed by atoms with Gasteiger partial charge in [-0.2, -0.15) is 0 Å². The molecule has 0 spiro atoms. The molecule has 0 aliphatic carbocycles. The zero-order chi connectivity index (χ0) is 10.8. The number of hydrogen-bond donors (Lipinski definition) is 2. The van der Waals surface area contributed by atoms with Crippen LogP contribution in [0.2, 0.25) is 0 Å². The van der Waals surface area contributed by atoms with Crippen molar-refractivity contribution in [3.8, 4) is 0 Å². The predicted molar refractivity (Wildman–Crippen MR) is 53.1 cm³/mol. The van der Waals surface area contributed by atoms with E-state index < -0.39 is 0 Å². The molecule has 0 aromatic heterocycles. The molecule has 0 amide bonds. The van der Waals surface area contributed by atoms with Gasteiger partial charge in [-0.05, 0) is 0 Å². The number of rotatable bonds is 3. The van der Waals surface area contributed by atoms with Crippen LogP contribution < -0.4 is 11.1 Å². The third-order valence-electron chi connectivity index (χ3n) is 2.83. The minimum absolute atomic E-state index is 0.102. The molecule has 0 radical (unpaired) electrons. The quantitative estimate of drug-likeness (QED) is 0.423. The summed E-state index contributed by atoms with van der Waals surface area (Å²) in [6, 6.07) is 0.235. The molecule has 2 fully saturated rings. The highest BCUT2D eigenvalue weighted by molar-refractivity contribution is 5.71. The Balaban J connectivity index is 1.79. The summed E-state index contributed by atoms with van der Waals surface area (Å²) in [7, 11) is 1.40. The van der Waals surface area contributed by atoms with Gasteiger partial charge in [0.1, 0.15) is 12.3 Å². The Morgan fingerprint density at radius 2 is 2.47 bits per heavy atom.